The van der Waals surface area contributed by atoms with Gasteiger partial charge in [-0.15, -0.1) is 0 Å². The van der Waals surface area contributed by atoms with Gasteiger partial charge in [0.25, 0.3) is 5.91 Å². The van der Waals surface area contributed by atoms with Crippen LogP contribution in [0.15, 0.2) is 24.3 Å². The highest BCUT2D eigenvalue weighted by Gasteiger charge is 2.29. The molecule has 2 saturated heterocycles. The summed E-state index contributed by atoms with van der Waals surface area (Å²) in [7, 11) is 0. The first-order valence-electron chi connectivity index (χ1n) is 7.71. The van der Waals surface area contributed by atoms with Gasteiger partial charge in [-0.2, -0.15) is 0 Å². The van der Waals surface area contributed by atoms with Gasteiger partial charge in [0.2, 0.25) is 0 Å². The monoisotopic (exact) mass is 320 g/mol. The van der Waals surface area contributed by atoms with Gasteiger partial charge in [0, 0.05) is 30.9 Å². The van der Waals surface area contributed by atoms with Crippen LogP contribution >= 0.6 is 0 Å². The molecular formula is C16H20N2O5. The van der Waals surface area contributed by atoms with Gasteiger partial charge in [-0.05, 0) is 24.3 Å². The van der Waals surface area contributed by atoms with Gasteiger partial charge in [-0.25, -0.2) is 4.79 Å². The summed E-state index contributed by atoms with van der Waals surface area (Å²) < 4.78 is 10.5. The highest BCUT2D eigenvalue weighted by Crippen LogP contribution is 2.18. The summed E-state index contributed by atoms with van der Waals surface area (Å²) in [6.07, 6.45) is -0.944. The van der Waals surface area contributed by atoms with E-state index < -0.39 is 12.1 Å². The Morgan fingerprint density at radius 2 is 1.74 bits per heavy atom. The molecule has 124 valence electrons. The first kappa shape index (κ1) is 15.8. The number of nitrogens with zero attached hydrogens (tertiary/aromatic N) is 2. The van der Waals surface area contributed by atoms with Gasteiger partial charge in [0.1, 0.15) is 0 Å². The largest absolute Gasteiger partial charge is 0.479 e. The molecule has 3 rings (SSSR count). The van der Waals surface area contributed by atoms with E-state index in [9.17, 15) is 9.59 Å². The first-order chi connectivity index (χ1) is 11.1. The smallest absolute Gasteiger partial charge is 0.334 e. The minimum Gasteiger partial charge on any atom is -0.479 e. The predicted octanol–water partition coefficient (Wildman–Crippen LogP) is 0.449. The number of hydrogen-bond acceptors (Lipinski definition) is 5. The van der Waals surface area contributed by atoms with Crippen LogP contribution in [0, 0.1) is 0 Å². The number of hydrogen-bond donors (Lipinski definition) is 1. The zero-order chi connectivity index (χ0) is 16.2. The molecular weight excluding hydrogens is 300 g/mol. The van der Waals surface area contributed by atoms with Crippen molar-refractivity contribution in [3.63, 3.8) is 0 Å². The van der Waals surface area contributed by atoms with E-state index in [-0.39, 0.29) is 19.1 Å². The Kier molecular flexibility index (Phi) is 4.78. The average Bonchev–Trinajstić information content (AvgIpc) is 2.62. The van der Waals surface area contributed by atoms with E-state index in [4.69, 9.17) is 14.6 Å². The molecule has 1 aromatic carbocycles. The molecule has 1 aromatic rings. The molecule has 1 atom stereocenters. The standard InChI is InChI=1S/C16H20N2O5/c19-15(18-7-10-23-14(11-18)16(20)21)12-1-3-13(4-2-12)17-5-8-22-9-6-17/h1-4,14H,5-11H2,(H,20,21). The lowest BCUT2D eigenvalue weighted by molar-refractivity contribution is -0.154. The predicted molar refractivity (Wildman–Crippen MR) is 82.8 cm³/mol. The summed E-state index contributed by atoms with van der Waals surface area (Å²) in [5.74, 6) is -1.20. The number of amides is 1. The molecule has 0 bridgehead atoms. The van der Waals surface area contributed by atoms with Crippen LogP contribution in [0.2, 0.25) is 0 Å². The molecule has 0 spiro atoms. The second-order valence-corrected chi connectivity index (χ2v) is 5.60. The lowest BCUT2D eigenvalue weighted by atomic mass is 10.1. The summed E-state index contributed by atoms with van der Waals surface area (Å²) in [5, 5.41) is 9.01. The Morgan fingerprint density at radius 1 is 1.04 bits per heavy atom. The van der Waals surface area contributed by atoms with Crippen molar-refractivity contribution in [2.75, 3.05) is 50.9 Å². The third-order valence-corrected chi connectivity index (χ3v) is 4.12. The molecule has 1 N–H and O–H groups in total. The van der Waals surface area contributed by atoms with Gasteiger partial charge >= 0.3 is 5.97 Å². The maximum atomic E-state index is 12.5. The first-order valence-corrected chi connectivity index (χ1v) is 7.71. The Balaban J connectivity index is 1.66. The molecule has 2 aliphatic rings. The van der Waals surface area contributed by atoms with Crippen molar-refractivity contribution in [3.05, 3.63) is 29.8 Å². The van der Waals surface area contributed by atoms with Gasteiger partial charge in [-0.1, -0.05) is 0 Å². The summed E-state index contributed by atoms with van der Waals surface area (Å²) in [5.41, 5.74) is 1.63. The Labute approximate surface area is 134 Å². The van der Waals surface area contributed by atoms with Crippen molar-refractivity contribution in [1.29, 1.82) is 0 Å². The third kappa shape index (κ3) is 3.62. The maximum Gasteiger partial charge on any atom is 0.334 e. The van der Waals surface area contributed by atoms with E-state index in [1.165, 1.54) is 4.90 Å². The summed E-state index contributed by atoms with van der Waals surface area (Å²) >= 11 is 0. The molecule has 0 saturated carbocycles. The molecule has 0 radical (unpaired) electrons. The fourth-order valence-electron chi connectivity index (χ4n) is 2.80. The van der Waals surface area contributed by atoms with Crippen LogP contribution in [0.25, 0.3) is 0 Å². The number of anilines is 1. The number of rotatable bonds is 3. The van der Waals surface area contributed by atoms with Crippen molar-refractivity contribution in [1.82, 2.24) is 4.90 Å². The second kappa shape index (κ2) is 6.97. The number of benzene rings is 1. The van der Waals surface area contributed by atoms with E-state index in [0.29, 0.717) is 25.3 Å². The van der Waals surface area contributed by atoms with Crippen LogP contribution in [-0.2, 0) is 14.3 Å². The number of aliphatic carboxylic acids is 1. The lowest BCUT2D eigenvalue weighted by Gasteiger charge is -2.31. The summed E-state index contributed by atoms with van der Waals surface area (Å²) in [4.78, 5) is 27.2. The SMILES string of the molecule is O=C(O)C1CN(C(=O)c2ccc(N3CCOCC3)cc2)CCO1. The quantitative estimate of drug-likeness (QED) is 0.871. The number of carbonyl (C=O) groups is 2. The number of morpholine rings is 2. The highest BCUT2D eigenvalue weighted by molar-refractivity contribution is 5.95. The van der Waals surface area contributed by atoms with Gasteiger partial charge < -0.3 is 24.4 Å². The van der Waals surface area contributed by atoms with Crippen molar-refractivity contribution in [2.45, 2.75) is 6.10 Å². The number of ether oxygens (including phenoxy) is 2. The Hall–Kier alpha value is -2.12. The van der Waals surface area contributed by atoms with E-state index in [1.807, 2.05) is 12.1 Å². The Morgan fingerprint density at radius 3 is 2.39 bits per heavy atom. The van der Waals surface area contributed by atoms with Crippen molar-refractivity contribution in [2.24, 2.45) is 0 Å². The zero-order valence-corrected chi connectivity index (χ0v) is 12.8. The van der Waals surface area contributed by atoms with Gasteiger partial charge in [0.15, 0.2) is 6.10 Å². The van der Waals surface area contributed by atoms with Crippen LogP contribution in [0.5, 0.6) is 0 Å². The molecule has 7 heteroatoms. The third-order valence-electron chi connectivity index (χ3n) is 4.12. The lowest BCUT2D eigenvalue weighted by Crippen LogP contribution is -2.48. The number of carbonyl (C=O) groups excluding carboxylic acids is 1. The molecule has 1 amide bonds. The summed E-state index contributed by atoms with van der Waals surface area (Å²) in [6, 6.07) is 7.43. The molecule has 0 aliphatic carbocycles. The van der Waals surface area contributed by atoms with E-state index in [0.717, 1.165) is 18.8 Å². The molecule has 2 fully saturated rings. The molecule has 2 aliphatic heterocycles. The van der Waals surface area contributed by atoms with Crippen molar-refractivity contribution >= 4 is 17.6 Å². The van der Waals surface area contributed by atoms with Crippen molar-refractivity contribution < 1.29 is 24.2 Å². The van der Waals surface area contributed by atoms with E-state index >= 15 is 0 Å². The van der Waals surface area contributed by atoms with Crippen LogP contribution in [0.3, 0.4) is 0 Å². The van der Waals surface area contributed by atoms with Crippen LogP contribution in [0.4, 0.5) is 5.69 Å². The number of carboxylic acid groups (broad SMARTS) is 1. The molecule has 7 nitrogen and oxygen atoms in total. The second-order valence-electron chi connectivity index (χ2n) is 5.60. The molecule has 1 unspecified atom stereocenters. The van der Waals surface area contributed by atoms with Gasteiger partial charge in [-0.3, -0.25) is 4.79 Å². The van der Waals surface area contributed by atoms with Crippen molar-refractivity contribution in [3.8, 4) is 0 Å². The normalized spacial score (nSPS) is 22.0. The zero-order valence-electron chi connectivity index (χ0n) is 12.8. The Bertz CT molecular complexity index is 568. The minimum absolute atomic E-state index is 0.0827. The van der Waals surface area contributed by atoms with Crippen LogP contribution < -0.4 is 4.90 Å². The topological polar surface area (TPSA) is 79.3 Å². The minimum atomic E-state index is -1.04. The average molecular weight is 320 g/mol. The summed E-state index contributed by atoms with van der Waals surface area (Å²) in [6.45, 7) is 3.85. The van der Waals surface area contributed by atoms with E-state index in [1.54, 1.807) is 12.1 Å². The fraction of sp³-hybridized carbons (Fsp3) is 0.500. The van der Waals surface area contributed by atoms with Crippen LogP contribution in [0.1, 0.15) is 10.4 Å². The highest BCUT2D eigenvalue weighted by atomic mass is 16.5. The van der Waals surface area contributed by atoms with Crippen LogP contribution in [-0.4, -0.2) is 74.0 Å². The maximum absolute atomic E-state index is 12.5. The van der Waals surface area contributed by atoms with E-state index in [2.05, 4.69) is 4.90 Å². The van der Waals surface area contributed by atoms with Gasteiger partial charge in [0.05, 0.1) is 26.4 Å². The molecule has 0 aromatic heterocycles. The number of carboxylic acids is 1. The fourth-order valence-corrected chi connectivity index (χ4v) is 2.80. The molecule has 23 heavy (non-hydrogen) atoms. The molecule has 2 heterocycles.